The summed E-state index contributed by atoms with van der Waals surface area (Å²) in [5, 5.41) is 17.4. The monoisotopic (exact) mass is 401 g/mol. The van der Waals surface area contributed by atoms with Crippen molar-refractivity contribution >= 4 is 29.1 Å². The Morgan fingerprint density at radius 2 is 2.27 bits per heavy atom. The van der Waals surface area contributed by atoms with E-state index in [0.717, 1.165) is 29.0 Å². The van der Waals surface area contributed by atoms with E-state index in [-0.39, 0.29) is 28.2 Å². The molecule has 1 aromatic heterocycles. The van der Waals surface area contributed by atoms with Crippen LogP contribution in [-0.4, -0.2) is 38.0 Å². The van der Waals surface area contributed by atoms with Gasteiger partial charge in [0.1, 0.15) is 16.5 Å². The van der Waals surface area contributed by atoms with E-state index >= 15 is 0 Å². The molecule has 2 aromatic rings. The maximum atomic E-state index is 13.9. The predicted octanol–water partition coefficient (Wildman–Crippen LogP) is 3.22. The van der Waals surface area contributed by atoms with Crippen LogP contribution in [0.15, 0.2) is 29.2 Å². The molecule has 1 aliphatic carbocycles. The van der Waals surface area contributed by atoms with E-state index in [1.54, 1.807) is 11.8 Å². The van der Waals surface area contributed by atoms with E-state index in [0.29, 0.717) is 12.5 Å². The Balaban J connectivity index is 1.81. The number of nitrogens with zero attached hydrogens (tertiary/aromatic N) is 2. The zero-order chi connectivity index (χ0) is 18.9. The van der Waals surface area contributed by atoms with Crippen LogP contribution >= 0.6 is 23.4 Å². The molecule has 0 saturated heterocycles. The van der Waals surface area contributed by atoms with Gasteiger partial charge in [0.15, 0.2) is 5.82 Å². The number of rotatable bonds is 6. The smallest absolute Gasteiger partial charge is 0.292 e. The number of hydrogen-bond donors (Lipinski definition) is 2. The van der Waals surface area contributed by atoms with Gasteiger partial charge in [-0.15, -0.1) is 0 Å². The second-order valence-electron chi connectivity index (χ2n) is 6.12. The molecule has 1 fully saturated rings. The minimum Gasteiger partial charge on any atom is -0.387 e. The molecule has 0 radical (unpaired) electrons. The van der Waals surface area contributed by atoms with Crippen molar-refractivity contribution in [2.45, 2.75) is 30.6 Å². The predicted molar refractivity (Wildman–Crippen MR) is 99.4 cm³/mol. The lowest BCUT2D eigenvalue weighted by molar-refractivity contribution is -0.0120. The van der Waals surface area contributed by atoms with Crippen LogP contribution < -0.4 is 10.9 Å². The van der Waals surface area contributed by atoms with Crippen LogP contribution in [0.1, 0.15) is 19.8 Å². The van der Waals surface area contributed by atoms with Crippen molar-refractivity contribution in [2.24, 2.45) is 0 Å². The van der Waals surface area contributed by atoms with Crippen molar-refractivity contribution < 1.29 is 13.9 Å². The molecule has 1 aliphatic rings. The van der Waals surface area contributed by atoms with Gasteiger partial charge in [-0.05, 0) is 30.7 Å². The van der Waals surface area contributed by atoms with Crippen LogP contribution in [0.2, 0.25) is 5.02 Å². The summed E-state index contributed by atoms with van der Waals surface area (Å²) in [4.78, 5) is 12.4. The number of anilines is 1. The van der Waals surface area contributed by atoms with Crippen molar-refractivity contribution in [2.75, 3.05) is 17.6 Å². The molecule has 0 bridgehead atoms. The number of benzene rings is 1. The SMILES string of the molecule is CCSC1CCC1(O)CNc1cnn(-c2ccc(F)cc2F)c(=O)c1Cl. The Morgan fingerprint density at radius 3 is 2.88 bits per heavy atom. The summed E-state index contributed by atoms with van der Waals surface area (Å²) in [6.07, 6.45) is 2.89. The average Bonchev–Trinajstić information content (AvgIpc) is 2.60. The van der Waals surface area contributed by atoms with Gasteiger partial charge in [0.25, 0.3) is 5.56 Å². The molecule has 0 spiro atoms. The van der Waals surface area contributed by atoms with E-state index in [9.17, 15) is 18.7 Å². The number of halogens is 3. The largest absolute Gasteiger partial charge is 0.387 e. The van der Waals surface area contributed by atoms with Gasteiger partial charge in [-0.1, -0.05) is 18.5 Å². The minimum absolute atomic E-state index is 0.139. The second-order valence-corrected chi connectivity index (χ2v) is 7.98. The Labute approximate surface area is 158 Å². The summed E-state index contributed by atoms with van der Waals surface area (Å²) in [7, 11) is 0. The highest BCUT2D eigenvalue weighted by molar-refractivity contribution is 8.00. The van der Waals surface area contributed by atoms with Crippen LogP contribution in [0.4, 0.5) is 14.5 Å². The second kappa shape index (κ2) is 7.54. The fraction of sp³-hybridized carbons (Fsp3) is 0.412. The highest BCUT2D eigenvalue weighted by Crippen LogP contribution is 2.41. The van der Waals surface area contributed by atoms with E-state index < -0.39 is 22.8 Å². The van der Waals surface area contributed by atoms with Crippen molar-refractivity contribution in [1.29, 1.82) is 0 Å². The van der Waals surface area contributed by atoms with Crippen molar-refractivity contribution in [3.8, 4) is 5.69 Å². The molecule has 2 atom stereocenters. The van der Waals surface area contributed by atoms with Crippen LogP contribution in [0.25, 0.3) is 5.69 Å². The summed E-state index contributed by atoms with van der Waals surface area (Å²) in [6.45, 7) is 2.27. The number of aliphatic hydroxyl groups is 1. The fourth-order valence-corrected chi connectivity index (χ4v) is 4.26. The maximum Gasteiger partial charge on any atom is 0.292 e. The number of nitrogens with one attached hydrogen (secondary N) is 1. The number of aromatic nitrogens is 2. The molecule has 9 heteroatoms. The van der Waals surface area contributed by atoms with Crippen molar-refractivity contribution in [3.63, 3.8) is 0 Å². The molecule has 2 unspecified atom stereocenters. The van der Waals surface area contributed by atoms with E-state index in [1.165, 1.54) is 6.20 Å². The third-order valence-electron chi connectivity index (χ3n) is 4.45. The fourth-order valence-electron chi connectivity index (χ4n) is 2.87. The van der Waals surface area contributed by atoms with Gasteiger partial charge in [0.05, 0.1) is 17.5 Å². The lowest BCUT2D eigenvalue weighted by Gasteiger charge is -2.45. The van der Waals surface area contributed by atoms with Crippen molar-refractivity contribution in [1.82, 2.24) is 9.78 Å². The lowest BCUT2D eigenvalue weighted by atomic mass is 9.79. The molecule has 0 amide bonds. The van der Waals surface area contributed by atoms with Gasteiger partial charge in [-0.3, -0.25) is 4.79 Å². The standard InChI is InChI=1S/C17H18ClF2N3O2S/c1-2-26-14-5-6-17(14,25)9-21-12-8-22-23(16(24)15(12)18)13-4-3-10(19)7-11(13)20/h3-4,7-8,14,21,25H,2,5-6,9H2,1H3. The third-order valence-corrected chi connectivity index (χ3v) is 6.22. The topological polar surface area (TPSA) is 67.2 Å². The normalized spacial score (nSPS) is 22.1. The van der Waals surface area contributed by atoms with Gasteiger partial charge < -0.3 is 10.4 Å². The molecule has 26 heavy (non-hydrogen) atoms. The van der Waals surface area contributed by atoms with Crippen LogP contribution in [0, 0.1) is 11.6 Å². The molecule has 1 aromatic carbocycles. The van der Waals surface area contributed by atoms with E-state index in [2.05, 4.69) is 10.4 Å². The Hall–Kier alpha value is -1.64. The summed E-state index contributed by atoms with van der Waals surface area (Å²) in [5.74, 6) is -0.759. The Bertz CT molecular complexity index is 880. The summed E-state index contributed by atoms with van der Waals surface area (Å²) in [5.41, 5.74) is -1.53. The van der Waals surface area contributed by atoms with Gasteiger partial charge in [-0.25, -0.2) is 8.78 Å². The Kier molecular flexibility index (Phi) is 5.55. The molecule has 2 N–H and O–H groups in total. The number of thioether (sulfide) groups is 1. The molecule has 1 heterocycles. The van der Waals surface area contributed by atoms with Gasteiger partial charge in [0.2, 0.25) is 0 Å². The molecule has 3 rings (SSSR count). The Morgan fingerprint density at radius 1 is 1.50 bits per heavy atom. The first-order valence-corrected chi connectivity index (χ1v) is 9.59. The first-order chi connectivity index (χ1) is 12.4. The number of hydrogen-bond acceptors (Lipinski definition) is 5. The van der Waals surface area contributed by atoms with Crippen molar-refractivity contribution in [3.05, 3.63) is 51.4 Å². The molecule has 1 saturated carbocycles. The van der Waals surface area contributed by atoms with Crippen LogP contribution in [0.5, 0.6) is 0 Å². The maximum absolute atomic E-state index is 13.9. The van der Waals surface area contributed by atoms with E-state index in [4.69, 9.17) is 11.6 Å². The molecule has 140 valence electrons. The van der Waals surface area contributed by atoms with Gasteiger partial charge in [0, 0.05) is 17.9 Å². The minimum atomic E-state index is -0.917. The zero-order valence-corrected chi connectivity index (χ0v) is 15.6. The quantitative estimate of drug-likeness (QED) is 0.778. The molecule has 0 aliphatic heterocycles. The average molecular weight is 402 g/mol. The highest BCUT2D eigenvalue weighted by Gasteiger charge is 2.45. The highest BCUT2D eigenvalue weighted by atomic mass is 35.5. The lowest BCUT2D eigenvalue weighted by Crippen LogP contribution is -2.54. The first-order valence-electron chi connectivity index (χ1n) is 8.17. The van der Waals surface area contributed by atoms with Gasteiger partial charge in [-0.2, -0.15) is 21.5 Å². The van der Waals surface area contributed by atoms with E-state index in [1.807, 2.05) is 6.92 Å². The third kappa shape index (κ3) is 3.58. The summed E-state index contributed by atoms with van der Waals surface area (Å²) in [6, 6.07) is 2.82. The zero-order valence-electron chi connectivity index (χ0n) is 14.0. The molecular formula is C17H18ClF2N3O2S. The molecule has 5 nitrogen and oxygen atoms in total. The van der Waals surface area contributed by atoms with Crippen LogP contribution in [-0.2, 0) is 0 Å². The summed E-state index contributed by atoms with van der Waals surface area (Å²) >= 11 is 7.79. The first kappa shape index (κ1) is 19.1. The summed E-state index contributed by atoms with van der Waals surface area (Å²) < 4.78 is 27.7. The van der Waals surface area contributed by atoms with Crippen LogP contribution in [0.3, 0.4) is 0 Å². The van der Waals surface area contributed by atoms with Gasteiger partial charge >= 0.3 is 0 Å². The molecular weight excluding hydrogens is 384 g/mol.